The molecule has 2 aromatic heterocycles. The molecule has 1 N–H and O–H groups in total. The quantitative estimate of drug-likeness (QED) is 0.662. The normalized spacial score (nSPS) is 19.1. The summed E-state index contributed by atoms with van der Waals surface area (Å²) in [6, 6.07) is 13.3. The lowest BCUT2D eigenvalue weighted by atomic mass is 10.0. The molecule has 1 aromatic carbocycles. The van der Waals surface area contributed by atoms with E-state index < -0.39 is 0 Å². The Morgan fingerprint density at radius 3 is 2.80 bits per heavy atom. The number of benzene rings is 1. The standard InChI is InChI=1S/C23H24N4O3/c28-22(19-15-16-5-3-9-24-21(16)25-19)27-13-11-26(12-14-27)10-4-8-20-17-6-1-2-7-18(17)23(29)30-20/h1-3,5-7,9,15,20H,4,8,10-14H2,(H,24,25). The minimum atomic E-state index is -0.213. The Morgan fingerprint density at radius 2 is 1.97 bits per heavy atom. The van der Waals surface area contributed by atoms with Crippen molar-refractivity contribution in [3.05, 3.63) is 65.5 Å². The van der Waals surface area contributed by atoms with Gasteiger partial charge in [0.1, 0.15) is 17.4 Å². The number of esters is 1. The van der Waals surface area contributed by atoms with Crippen LogP contribution in [0.1, 0.15) is 45.4 Å². The van der Waals surface area contributed by atoms with Crippen molar-refractivity contribution in [2.45, 2.75) is 18.9 Å². The van der Waals surface area contributed by atoms with Gasteiger partial charge in [-0.05, 0) is 43.7 Å². The number of amides is 1. The van der Waals surface area contributed by atoms with Crippen LogP contribution in [0.5, 0.6) is 0 Å². The number of aromatic nitrogens is 2. The Balaban J connectivity index is 1.11. The van der Waals surface area contributed by atoms with Gasteiger partial charge in [-0.2, -0.15) is 0 Å². The van der Waals surface area contributed by atoms with Gasteiger partial charge in [0.15, 0.2) is 0 Å². The first-order valence-electron chi connectivity index (χ1n) is 10.4. The third-order valence-electron chi connectivity index (χ3n) is 6.00. The Kier molecular flexibility index (Phi) is 4.96. The van der Waals surface area contributed by atoms with E-state index in [0.717, 1.165) is 49.1 Å². The van der Waals surface area contributed by atoms with E-state index in [9.17, 15) is 9.59 Å². The van der Waals surface area contributed by atoms with Crippen LogP contribution in [0.25, 0.3) is 11.0 Å². The second kappa shape index (κ2) is 7.91. The molecule has 4 heterocycles. The van der Waals surface area contributed by atoms with Crippen molar-refractivity contribution in [2.24, 2.45) is 0 Å². The average Bonchev–Trinajstić information content (AvgIpc) is 3.35. The van der Waals surface area contributed by atoms with Gasteiger partial charge in [0.05, 0.1) is 5.56 Å². The maximum Gasteiger partial charge on any atom is 0.339 e. The van der Waals surface area contributed by atoms with Gasteiger partial charge in [-0.25, -0.2) is 9.78 Å². The van der Waals surface area contributed by atoms with Crippen molar-refractivity contribution in [3.63, 3.8) is 0 Å². The van der Waals surface area contributed by atoms with Crippen LogP contribution < -0.4 is 0 Å². The number of piperazine rings is 1. The number of cyclic esters (lactones) is 1. The van der Waals surface area contributed by atoms with Crippen molar-refractivity contribution < 1.29 is 14.3 Å². The van der Waals surface area contributed by atoms with E-state index in [0.29, 0.717) is 24.3 Å². The molecule has 3 aromatic rings. The molecular weight excluding hydrogens is 380 g/mol. The summed E-state index contributed by atoms with van der Waals surface area (Å²) < 4.78 is 5.52. The van der Waals surface area contributed by atoms with Crippen molar-refractivity contribution in [2.75, 3.05) is 32.7 Å². The molecule has 0 aliphatic carbocycles. The number of ether oxygens (including phenoxy) is 1. The highest BCUT2D eigenvalue weighted by Crippen LogP contribution is 2.33. The number of hydrogen-bond donors (Lipinski definition) is 1. The third-order valence-corrected chi connectivity index (χ3v) is 6.00. The maximum absolute atomic E-state index is 12.8. The third kappa shape index (κ3) is 3.57. The summed E-state index contributed by atoms with van der Waals surface area (Å²) in [7, 11) is 0. The molecule has 1 fully saturated rings. The molecule has 0 radical (unpaired) electrons. The second-order valence-electron chi connectivity index (χ2n) is 7.88. The van der Waals surface area contributed by atoms with E-state index in [4.69, 9.17) is 4.74 Å². The maximum atomic E-state index is 12.8. The summed E-state index contributed by atoms with van der Waals surface area (Å²) in [4.78, 5) is 36.4. The van der Waals surface area contributed by atoms with Gasteiger partial charge in [-0.15, -0.1) is 0 Å². The first-order chi connectivity index (χ1) is 14.7. The van der Waals surface area contributed by atoms with Gasteiger partial charge in [-0.3, -0.25) is 9.69 Å². The van der Waals surface area contributed by atoms with Gasteiger partial charge < -0.3 is 14.6 Å². The molecule has 2 aliphatic rings. The lowest BCUT2D eigenvalue weighted by molar-refractivity contribution is 0.0353. The highest BCUT2D eigenvalue weighted by atomic mass is 16.5. The predicted molar refractivity (Wildman–Crippen MR) is 112 cm³/mol. The monoisotopic (exact) mass is 404 g/mol. The Hall–Kier alpha value is -3.19. The molecule has 1 atom stereocenters. The second-order valence-corrected chi connectivity index (χ2v) is 7.88. The minimum absolute atomic E-state index is 0.0297. The zero-order chi connectivity index (χ0) is 20.5. The van der Waals surface area contributed by atoms with Gasteiger partial charge in [-0.1, -0.05) is 18.2 Å². The SMILES string of the molecule is O=C1OC(CCCN2CCN(C(=O)c3cc4cccnc4[nH]3)CC2)c2ccccc21. The first-order valence-corrected chi connectivity index (χ1v) is 10.4. The summed E-state index contributed by atoms with van der Waals surface area (Å²) >= 11 is 0. The number of H-pyrrole nitrogens is 1. The summed E-state index contributed by atoms with van der Waals surface area (Å²) in [5.74, 6) is -0.183. The average molecular weight is 404 g/mol. The van der Waals surface area contributed by atoms with E-state index in [1.165, 1.54) is 0 Å². The highest BCUT2D eigenvalue weighted by Gasteiger charge is 2.30. The van der Waals surface area contributed by atoms with Crippen LogP contribution >= 0.6 is 0 Å². The fourth-order valence-electron chi connectivity index (χ4n) is 4.35. The van der Waals surface area contributed by atoms with Crippen molar-refractivity contribution >= 4 is 22.9 Å². The van der Waals surface area contributed by atoms with Crippen LogP contribution in [-0.4, -0.2) is 64.4 Å². The molecule has 2 aliphatic heterocycles. The fourth-order valence-corrected chi connectivity index (χ4v) is 4.35. The zero-order valence-electron chi connectivity index (χ0n) is 16.7. The lowest BCUT2D eigenvalue weighted by Crippen LogP contribution is -2.48. The topological polar surface area (TPSA) is 78.5 Å². The zero-order valence-corrected chi connectivity index (χ0v) is 16.7. The van der Waals surface area contributed by atoms with Crippen molar-refractivity contribution in [3.8, 4) is 0 Å². The van der Waals surface area contributed by atoms with E-state index in [1.54, 1.807) is 6.20 Å². The van der Waals surface area contributed by atoms with Crippen LogP contribution in [0.4, 0.5) is 0 Å². The van der Waals surface area contributed by atoms with Crippen molar-refractivity contribution in [1.82, 2.24) is 19.8 Å². The van der Waals surface area contributed by atoms with E-state index in [2.05, 4.69) is 14.9 Å². The number of carbonyl (C=O) groups excluding carboxylic acids is 2. The Bertz CT molecular complexity index is 1050. The van der Waals surface area contributed by atoms with Crippen LogP contribution in [0.3, 0.4) is 0 Å². The molecule has 0 spiro atoms. The largest absolute Gasteiger partial charge is 0.454 e. The molecule has 7 heteroatoms. The van der Waals surface area contributed by atoms with Crippen LogP contribution in [-0.2, 0) is 4.74 Å². The molecule has 1 saturated heterocycles. The summed E-state index contributed by atoms with van der Waals surface area (Å²) in [6.45, 7) is 4.07. The number of rotatable bonds is 5. The Labute approximate surface area is 174 Å². The lowest BCUT2D eigenvalue weighted by Gasteiger charge is -2.34. The van der Waals surface area contributed by atoms with E-state index in [-0.39, 0.29) is 18.0 Å². The summed E-state index contributed by atoms with van der Waals surface area (Å²) in [6.07, 6.45) is 3.36. The molecule has 5 rings (SSSR count). The summed E-state index contributed by atoms with van der Waals surface area (Å²) in [5.41, 5.74) is 3.04. The van der Waals surface area contributed by atoms with Crippen molar-refractivity contribution in [1.29, 1.82) is 0 Å². The predicted octanol–water partition coefficient (Wildman–Crippen LogP) is 3.01. The number of aromatic amines is 1. The van der Waals surface area contributed by atoms with Gasteiger partial charge >= 0.3 is 5.97 Å². The van der Waals surface area contributed by atoms with E-state index in [1.807, 2.05) is 47.4 Å². The van der Waals surface area contributed by atoms with Crippen LogP contribution in [0.2, 0.25) is 0 Å². The number of nitrogens with zero attached hydrogens (tertiary/aromatic N) is 3. The molecule has 1 unspecified atom stereocenters. The van der Waals surface area contributed by atoms with Gasteiger partial charge in [0.2, 0.25) is 0 Å². The van der Waals surface area contributed by atoms with E-state index >= 15 is 0 Å². The number of hydrogen-bond acceptors (Lipinski definition) is 5. The number of fused-ring (bicyclic) bond motifs is 2. The fraction of sp³-hybridized carbons (Fsp3) is 0.348. The van der Waals surface area contributed by atoms with Gasteiger partial charge in [0.25, 0.3) is 5.91 Å². The molecule has 30 heavy (non-hydrogen) atoms. The summed E-state index contributed by atoms with van der Waals surface area (Å²) in [5, 5.41) is 0.952. The van der Waals surface area contributed by atoms with Gasteiger partial charge in [0, 0.05) is 43.3 Å². The highest BCUT2D eigenvalue weighted by molar-refractivity contribution is 5.97. The number of pyridine rings is 1. The molecule has 154 valence electrons. The first kappa shape index (κ1) is 18.8. The molecular formula is C23H24N4O3. The van der Waals surface area contributed by atoms with Crippen LogP contribution in [0, 0.1) is 0 Å². The minimum Gasteiger partial charge on any atom is -0.454 e. The molecule has 1 amide bonds. The smallest absolute Gasteiger partial charge is 0.339 e. The molecule has 7 nitrogen and oxygen atoms in total. The number of carbonyl (C=O) groups is 2. The van der Waals surface area contributed by atoms with Crippen LogP contribution in [0.15, 0.2) is 48.7 Å². The Morgan fingerprint density at radius 1 is 1.13 bits per heavy atom. The molecule has 0 saturated carbocycles. The number of nitrogens with one attached hydrogen (secondary N) is 1. The molecule has 0 bridgehead atoms.